The second-order valence-electron chi connectivity index (χ2n) is 30.2. The number of amides is 2. The van der Waals surface area contributed by atoms with E-state index in [1.807, 2.05) is 258 Å². The lowest BCUT2D eigenvalue weighted by molar-refractivity contribution is -0.894. The van der Waals surface area contributed by atoms with Crippen LogP contribution < -0.4 is 34.5 Å². The highest BCUT2D eigenvalue weighted by molar-refractivity contribution is 9.11. The number of halogens is 2. The summed E-state index contributed by atoms with van der Waals surface area (Å²) in [5.41, 5.74) is 13.4. The van der Waals surface area contributed by atoms with E-state index < -0.39 is 35.1 Å². The normalized spacial score (nSPS) is 11.7. The molecule has 14 aromatic rings. The Hall–Kier alpha value is -13.4. The maximum absolute atomic E-state index is 14.4. The summed E-state index contributed by atoms with van der Waals surface area (Å²) in [6.07, 6.45) is 7.16. The standard InChI is InChI=1S/C49H44BrN3O8.C45H40BrN3O5.C6H15N.C4H4O3.CH4/c1-58-40-19-15-38(16-20-40)49(37-8-4-3-5-9-37,39-17-21-41(59-2)22-18-39)61-28-27-52-48(57)47-46(50)42-23-14-35(36-7-6-26-51-30-36)29-43(42)53(47)31-33-10-12-34(13-11-33)32-60-45(56)25-24-44(54)55;1-52-38-19-15-36(16-20-38)45(35-8-4-3-5-9-35,37-17-21-39(53-2)22-18-37)54-26-25-48-44(51)43-42(46)40-23-14-33(34-7-6-24-47-28-34)27-41(40)49(43)29-31-10-12-32(30-50)13-11-31;1-4-7(5-2)6-3;5-3-1-2-4(6)7-3;/h3-23,26,29-30H,24-25,27-28,31-32H2,1-2H3,(H,52,57)(H,54,55);3-24,27-28,50H,25-26,29-30H2,1-2H3,(H,48,51);4-6H2,1-3H3;1-2H2;1H4/p+1. The molecule has 10 aromatic carbocycles. The first-order valence-corrected chi connectivity index (χ1v) is 44.1. The van der Waals surface area contributed by atoms with E-state index in [2.05, 4.69) is 102 Å². The van der Waals surface area contributed by atoms with Gasteiger partial charge in [-0.05, 0) is 192 Å². The Morgan fingerprint density at radius 2 is 0.800 bits per heavy atom. The molecule has 0 saturated carbocycles. The fraction of sp³-hybridized carbons (Fsp3) is 0.238. The van der Waals surface area contributed by atoms with Crippen molar-refractivity contribution in [2.45, 2.75) is 91.4 Å². The van der Waals surface area contributed by atoms with Gasteiger partial charge in [-0.3, -0.25) is 38.7 Å². The summed E-state index contributed by atoms with van der Waals surface area (Å²) in [5.74, 6) is -0.0577. The third kappa shape index (κ3) is 24.1. The van der Waals surface area contributed by atoms with Crippen molar-refractivity contribution in [3.63, 3.8) is 0 Å². The predicted molar refractivity (Wildman–Crippen MR) is 510 cm³/mol. The number of esters is 3. The highest BCUT2D eigenvalue weighted by atomic mass is 79.9. The number of nitrogens with zero attached hydrogens (tertiary/aromatic N) is 4. The van der Waals surface area contributed by atoms with Crippen molar-refractivity contribution in [1.29, 1.82) is 0 Å². The molecule has 25 heteroatoms. The summed E-state index contributed by atoms with van der Waals surface area (Å²) in [6.45, 7) is 12.0. The Kier molecular flexibility index (Phi) is 35.6. The Morgan fingerprint density at radius 1 is 0.446 bits per heavy atom. The highest BCUT2D eigenvalue weighted by Gasteiger charge is 2.40. The van der Waals surface area contributed by atoms with Gasteiger partial charge in [0.05, 0.1) is 114 Å². The van der Waals surface area contributed by atoms with Gasteiger partial charge >= 0.3 is 23.9 Å². The fourth-order valence-corrected chi connectivity index (χ4v) is 16.8. The van der Waals surface area contributed by atoms with Gasteiger partial charge in [-0.15, -0.1) is 0 Å². The van der Waals surface area contributed by atoms with Crippen LogP contribution in [-0.2, 0) is 75.6 Å². The van der Waals surface area contributed by atoms with Gasteiger partial charge in [-0.25, -0.2) is 0 Å². The average molecular weight is 1880 g/mol. The van der Waals surface area contributed by atoms with E-state index in [9.17, 15) is 33.9 Å². The number of hydrogen-bond acceptors (Lipinski definition) is 17. The van der Waals surface area contributed by atoms with E-state index in [0.717, 1.165) is 111 Å². The Morgan fingerprint density at radius 3 is 1.11 bits per heavy atom. The number of carboxylic acids is 1. The summed E-state index contributed by atoms with van der Waals surface area (Å²) < 4.78 is 50.7. The number of aliphatic hydroxyl groups is 1. The third-order valence-electron chi connectivity index (χ3n) is 22.3. The molecule has 0 unspecified atom stereocenters. The maximum Gasteiger partial charge on any atom is 0.314 e. The minimum atomic E-state index is -1.06. The fourth-order valence-electron chi connectivity index (χ4n) is 15.4. The lowest BCUT2D eigenvalue weighted by Crippen LogP contribution is -3.11. The number of benzene rings is 10. The third-order valence-corrected chi connectivity index (χ3v) is 23.9. The summed E-state index contributed by atoms with van der Waals surface area (Å²) in [5, 5.41) is 26.6. The molecule has 4 aromatic heterocycles. The van der Waals surface area contributed by atoms with Crippen molar-refractivity contribution in [2.75, 3.05) is 74.4 Å². The zero-order valence-corrected chi connectivity index (χ0v) is 76.1. The van der Waals surface area contributed by atoms with Crippen LogP contribution >= 0.6 is 31.9 Å². The van der Waals surface area contributed by atoms with Crippen molar-refractivity contribution >= 4 is 89.4 Å². The number of aliphatic carboxylic acids is 1. The molecule has 23 nitrogen and oxygen atoms in total. The van der Waals surface area contributed by atoms with Crippen molar-refractivity contribution in [3.8, 4) is 45.3 Å². The minimum absolute atomic E-state index is 0. The molecule has 0 aliphatic carbocycles. The topological polar surface area (TPSA) is 281 Å². The molecule has 1 saturated heterocycles. The SMILES string of the molecule is C.CC[NH+](CC)CC.COc1ccc(C(OCCNC(=O)c2c(Br)c3ccc(-c4cccnc4)cc3n2Cc2ccc(CO)cc2)(c2ccccc2)c2ccc(OC)cc2)cc1.COc1ccc(C(OCCNC(=O)c2c(Br)c3ccc(-c4cccnc4)cc3n2Cc2ccc(COC(=O)CCC(=O)O)cc2)(c2ccccc2)c2ccc(OC)cc2)cc1.O=C1CCC(=O)O1. The van der Waals surface area contributed by atoms with Gasteiger partial charge in [0.2, 0.25) is 0 Å². The van der Waals surface area contributed by atoms with Crippen LogP contribution in [0.15, 0.2) is 301 Å². The lowest BCUT2D eigenvalue weighted by Gasteiger charge is -2.36. The van der Waals surface area contributed by atoms with E-state index in [4.69, 9.17) is 38.3 Å². The van der Waals surface area contributed by atoms with Crippen LogP contribution in [0.3, 0.4) is 0 Å². The zero-order valence-electron chi connectivity index (χ0n) is 73.0. The van der Waals surface area contributed by atoms with Crippen molar-refractivity contribution in [3.05, 3.63) is 368 Å². The van der Waals surface area contributed by atoms with Gasteiger partial charge in [0.15, 0.2) is 0 Å². The first-order chi connectivity index (χ1) is 62.8. The molecule has 2 amide bonds. The Balaban J connectivity index is 0.000000218. The molecule has 1 fully saturated rings. The van der Waals surface area contributed by atoms with Gasteiger partial charge in [0.1, 0.15) is 52.2 Å². The number of rotatable bonds is 35. The molecule has 5 heterocycles. The molecule has 672 valence electrons. The molecule has 1 aliphatic rings. The smallest absolute Gasteiger partial charge is 0.314 e. The average Bonchev–Trinajstić information content (AvgIpc) is 1.38. The number of carbonyl (C=O) groups excluding carboxylic acids is 5. The van der Waals surface area contributed by atoms with Gasteiger partial charge < -0.3 is 72.8 Å². The number of nitrogens with one attached hydrogen (secondary N) is 3. The number of hydrogen-bond donors (Lipinski definition) is 5. The maximum atomic E-state index is 14.4. The first kappa shape index (κ1) is 97.2. The van der Waals surface area contributed by atoms with Gasteiger partial charge in [0, 0.05) is 72.9 Å². The molecule has 0 atom stereocenters. The molecule has 1 aliphatic heterocycles. The number of quaternary nitrogens is 1. The van der Waals surface area contributed by atoms with Crippen LogP contribution in [0.1, 0.15) is 130 Å². The zero-order chi connectivity index (χ0) is 91.2. The summed E-state index contributed by atoms with van der Waals surface area (Å²) in [4.78, 5) is 81.9. The number of carboxylic acid groups (broad SMARTS) is 1. The largest absolute Gasteiger partial charge is 0.497 e. The van der Waals surface area contributed by atoms with Crippen LogP contribution in [0.4, 0.5) is 0 Å². The number of methoxy groups -OCH3 is 4. The number of ether oxygens (including phenoxy) is 8. The summed E-state index contributed by atoms with van der Waals surface area (Å²) in [6, 6.07) is 86.7. The number of cyclic esters (lactones) is 2. The molecular weight excluding hydrogens is 1770 g/mol. The Bertz CT molecular complexity index is 5930. The lowest BCUT2D eigenvalue weighted by atomic mass is 9.80. The Labute approximate surface area is 774 Å². The number of aromatic nitrogens is 4. The van der Waals surface area contributed by atoms with Crippen LogP contribution in [0.25, 0.3) is 44.1 Å². The van der Waals surface area contributed by atoms with Gasteiger partial charge in [-0.2, -0.15) is 0 Å². The minimum Gasteiger partial charge on any atom is -0.497 e. The number of pyridine rings is 2. The second-order valence-corrected chi connectivity index (χ2v) is 31.8. The molecular formula is C105H108Br2N7O16+. The first-order valence-electron chi connectivity index (χ1n) is 42.5. The monoisotopic (exact) mass is 1880 g/mol. The molecule has 15 rings (SSSR count). The van der Waals surface area contributed by atoms with E-state index in [1.165, 1.54) is 19.6 Å². The van der Waals surface area contributed by atoms with Crippen LogP contribution in [0, 0.1) is 0 Å². The number of carbonyl (C=O) groups is 6. The molecule has 0 bridgehead atoms. The van der Waals surface area contributed by atoms with E-state index in [0.29, 0.717) is 44.9 Å². The van der Waals surface area contributed by atoms with Crippen molar-refractivity contribution in [1.82, 2.24) is 29.7 Å². The van der Waals surface area contributed by atoms with Crippen LogP contribution in [-0.4, -0.2) is 139 Å². The summed E-state index contributed by atoms with van der Waals surface area (Å²) >= 11 is 7.59. The number of fused-ring (bicyclic) bond motifs is 2. The van der Waals surface area contributed by atoms with Crippen molar-refractivity contribution < 1.29 is 81.8 Å². The molecule has 5 N–H and O–H groups in total. The van der Waals surface area contributed by atoms with Crippen LogP contribution in [0.2, 0.25) is 0 Å². The van der Waals surface area contributed by atoms with E-state index in [1.54, 1.807) is 51.9 Å². The van der Waals surface area contributed by atoms with Crippen LogP contribution in [0.5, 0.6) is 23.0 Å². The van der Waals surface area contributed by atoms with Gasteiger partial charge in [-0.1, -0.05) is 202 Å². The summed E-state index contributed by atoms with van der Waals surface area (Å²) in [7, 11) is 6.55. The predicted octanol–water partition coefficient (Wildman–Crippen LogP) is 18.4. The van der Waals surface area contributed by atoms with E-state index >= 15 is 0 Å². The quantitative estimate of drug-likeness (QED) is 0.0107. The van der Waals surface area contributed by atoms with E-state index in [-0.39, 0.29) is 84.4 Å². The van der Waals surface area contributed by atoms with Gasteiger partial charge in [0.25, 0.3) is 11.8 Å². The van der Waals surface area contributed by atoms with Crippen molar-refractivity contribution in [2.24, 2.45) is 0 Å². The highest BCUT2D eigenvalue weighted by Crippen LogP contribution is 2.45. The molecule has 0 spiro atoms. The second kappa shape index (κ2) is 47.6. The number of aliphatic hydroxyl groups excluding tert-OH is 1. The molecule has 130 heavy (non-hydrogen) atoms. The molecule has 0 radical (unpaired) electrons.